The maximum absolute atomic E-state index is 12.6. The smallest absolute Gasteiger partial charge is 0.242 e. The minimum Gasteiger partial charge on any atom is -0.392 e. The molecule has 2 aliphatic carbocycles. The quantitative estimate of drug-likeness (QED) is 0.816. The fourth-order valence-electron chi connectivity index (χ4n) is 4.48. The third-order valence-corrected chi connectivity index (χ3v) is 6.01. The summed E-state index contributed by atoms with van der Waals surface area (Å²) in [6.45, 7) is 4.10. The Morgan fingerprint density at radius 1 is 1.29 bits per heavy atom. The fraction of sp³-hybridized carbons (Fsp3) is 0.938. The highest BCUT2D eigenvalue weighted by molar-refractivity contribution is 5.86. The van der Waals surface area contributed by atoms with Crippen LogP contribution in [0.5, 0.6) is 0 Å². The number of hydrogen-bond acceptors (Lipinski definition) is 4. The van der Waals surface area contributed by atoms with Gasteiger partial charge in [0.05, 0.1) is 17.7 Å². The molecule has 5 heteroatoms. The van der Waals surface area contributed by atoms with E-state index in [9.17, 15) is 9.90 Å². The van der Waals surface area contributed by atoms with Gasteiger partial charge in [-0.05, 0) is 32.6 Å². The normalized spacial score (nSPS) is 34.0. The first kappa shape index (κ1) is 15.3. The second-order valence-electron chi connectivity index (χ2n) is 7.08. The number of hydrogen-bond donors (Lipinski definition) is 2. The van der Waals surface area contributed by atoms with E-state index in [1.54, 1.807) is 0 Å². The lowest BCUT2D eigenvalue weighted by Gasteiger charge is -2.57. The van der Waals surface area contributed by atoms with Crippen LogP contribution in [0.3, 0.4) is 0 Å². The fourth-order valence-corrected chi connectivity index (χ4v) is 4.48. The van der Waals surface area contributed by atoms with Crippen LogP contribution >= 0.6 is 0 Å². The number of aliphatic hydroxyl groups is 1. The molecule has 1 spiro atoms. The van der Waals surface area contributed by atoms with Crippen LogP contribution < -0.4 is 5.73 Å². The molecular weight excluding hydrogens is 268 g/mol. The Kier molecular flexibility index (Phi) is 4.01. The molecule has 3 fully saturated rings. The maximum Gasteiger partial charge on any atom is 0.242 e. The van der Waals surface area contributed by atoms with Gasteiger partial charge < -0.3 is 20.5 Å². The first-order chi connectivity index (χ1) is 10.0. The summed E-state index contributed by atoms with van der Waals surface area (Å²) in [6, 6.07) is 0. The Morgan fingerprint density at radius 3 is 2.43 bits per heavy atom. The minimum absolute atomic E-state index is 0.121. The molecule has 1 saturated heterocycles. The predicted molar refractivity (Wildman–Crippen MR) is 79.7 cm³/mol. The van der Waals surface area contributed by atoms with Crippen molar-refractivity contribution in [3.8, 4) is 0 Å². The summed E-state index contributed by atoms with van der Waals surface area (Å²) in [5.41, 5.74) is 5.54. The molecule has 1 amide bonds. The summed E-state index contributed by atoms with van der Waals surface area (Å²) in [7, 11) is 0. The van der Waals surface area contributed by atoms with Gasteiger partial charge in [0, 0.05) is 31.5 Å². The molecule has 1 heterocycles. The van der Waals surface area contributed by atoms with Gasteiger partial charge in [-0.15, -0.1) is 0 Å². The molecule has 0 aromatic carbocycles. The summed E-state index contributed by atoms with van der Waals surface area (Å²) in [5, 5.41) is 10.2. The third kappa shape index (κ3) is 2.39. The maximum atomic E-state index is 12.6. The van der Waals surface area contributed by atoms with E-state index in [1.165, 1.54) is 0 Å². The van der Waals surface area contributed by atoms with Crippen LogP contribution in [0, 0.1) is 5.41 Å². The molecule has 3 N–H and O–H groups in total. The molecule has 0 bridgehead atoms. The Bertz CT molecular complexity index is 396. The first-order valence-corrected chi connectivity index (χ1v) is 8.40. The molecule has 0 aromatic heterocycles. The van der Waals surface area contributed by atoms with E-state index in [4.69, 9.17) is 10.5 Å². The van der Waals surface area contributed by atoms with Crippen LogP contribution in [0.1, 0.15) is 51.9 Å². The van der Waals surface area contributed by atoms with Gasteiger partial charge >= 0.3 is 0 Å². The average molecular weight is 296 g/mol. The number of amides is 1. The lowest BCUT2D eigenvalue weighted by Crippen LogP contribution is -2.64. The van der Waals surface area contributed by atoms with Crippen LogP contribution in [0.4, 0.5) is 0 Å². The number of carbonyl (C=O) groups excluding carboxylic acids is 1. The Labute approximate surface area is 126 Å². The van der Waals surface area contributed by atoms with E-state index in [2.05, 4.69) is 0 Å². The van der Waals surface area contributed by atoms with Crippen molar-refractivity contribution in [1.82, 2.24) is 4.90 Å². The lowest BCUT2D eigenvalue weighted by atomic mass is 9.58. The molecule has 3 aliphatic rings. The van der Waals surface area contributed by atoms with E-state index in [-0.39, 0.29) is 23.5 Å². The number of piperidine rings is 1. The second-order valence-corrected chi connectivity index (χ2v) is 7.08. The van der Waals surface area contributed by atoms with Crippen LogP contribution in [0.2, 0.25) is 0 Å². The topological polar surface area (TPSA) is 75.8 Å². The van der Waals surface area contributed by atoms with Crippen molar-refractivity contribution in [3.05, 3.63) is 0 Å². The number of nitrogens with two attached hydrogens (primary N) is 1. The summed E-state index contributed by atoms with van der Waals surface area (Å²) in [4.78, 5) is 14.6. The van der Waals surface area contributed by atoms with E-state index in [1.807, 2.05) is 11.8 Å². The average Bonchev–Trinajstić information content (AvgIpc) is 2.94. The molecule has 5 nitrogen and oxygen atoms in total. The number of ether oxygens (including phenoxy) is 1. The predicted octanol–water partition coefficient (Wildman–Crippen LogP) is 1.04. The van der Waals surface area contributed by atoms with Crippen molar-refractivity contribution in [2.75, 3.05) is 19.7 Å². The SMILES string of the molecule is CCOC1CC(O)C12CCN(C(=O)C1(N)CCCC1)CC2. The van der Waals surface area contributed by atoms with Gasteiger partial charge in [-0.25, -0.2) is 0 Å². The van der Waals surface area contributed by atoms with Gasteiger partial charge in [0.25, 0.3) is 0 Å². The van der Waals surface area contributed by atoms with Gasteiger partial charge in [-0.2, -0.15) is 0 Å². The highest BCUT2D eigenvalue weighted by Crippen LogP contribution is 2.51. The van der Waals surface area contributed by atoms with Crippen molar-refractivity contribution in [3.63, 3.8) is 0 Å². The summed E-state index contributed by atoms with van der Waals surface area (Å²) in [6.07, 6.45) is 6.05. The van der Waals surface area contributed by atoms with Crippen molar-refractivity contribution in [1.29, 1.82) is 0 Å². The van der Waals surface area contributed by atoms with Crippen LogP contribution in [0.25, 0.3) is 0 Å². The number of nitrogens with zero attached hydrogens (tertiary/aromatic N) is 1. The molecular formula is C16H28N2O3. The molecule has 21 heavy (non-hydrogen) atoms. The van der Waals surface area contributed by atoms with Gasteiger partial charge in [-0.3, -0.25) is 4.79 Å². The summed E-state index contributed by atoms with van der Waals surface area (Å²) < 4.78 is 5.77. The van der Waals surface area contributed by atoms with Crippen molar-refractivity contribution < 1.29 is 14.6 Å². The van der Waals surface area contributed by atoms with Crippen molar-refractivity contribution >= 4 is 5.91 Å². The van der Waals surface area contributed by atoms with Crippen molar-refractivity contribution in [2.24, 2.45) is 11.1 Å². The molecule has 2 unspecified atom stereocenters. The van der Waals surface area contributed by atoms with E-state index >= 15 is 0 Å². The van der Waals surface area contributed by atoms with Gasteiger partial charge in [0.15, 0.2) is 0 Å². The minimum atomic E-state index is -0.623. The standard InChI is InChI=1S/C16H28N2O3/c1-2-21-13-11-12(19)15(13)7-9-18(10-8-15)14(20)16(17)5-3-4-6-16/h12-13,19H,2-11,17H2,1H3. The zero-order valence-corrected chi connectivity index (χ0v) is 13.0. The molecule has 1 aliphatic heterocycles. The van der Waals surface area contributed by atoms with Gasteiger partial charge in [-0.1, -0.05) is 12.8 Å². The number of aliphatic hydroxyl groups excluding tert-OH is 1. The number of likely N-dealkylation sites (tertiary alicyclic amines) is 1. The molecule has 2 atom stereocenters. The van der Waals surface area contributed by atoms with Gasteiger partial charge in [0.2, 0.25) is 5.91 Å². The Hall–Kier alpha value is -0.650. The molecule has 3 rings (SSSR count). The second kappa shape index (κ2) is 5.52. The van der Waals surface area contributed by atoms with Crippen molar-refractivity contribution in [2.45, 2.75) is 69.6 Å². The number of carbonyl (C=O) groups is 1. The highest BCUT2D eigenvalue weighted by Gasteiger charge is 2.57. The first-order valence-electron chi connectivity index (χ1n) is 8.40. The Morgan fingerprint density at radius 2 is 1.90 bits per heavy atom. The summed E-state index contributed by atoms with van der Waals surface area (Å²) in [5.74, 6) is 0.122. The van der Waals surface area contributed by atoms with E-state index in [0.717, 1.165) is 44.9 Å². The molecule has 120 valence electrons. The molecule has 2 saturated carbocycles. The van der Waals surface area contributed by atoms with E-state index in [0.29, 0.717) is 19.7 Å². The van der Waals surface area contributed by atoms with Gasteiger partial charge in [0.1, 0.15) is 0 Å². The summed E-state index contributed by atoms with van der Waals surface area (Å²) >= 11 is 0. The van der Waals surface area contributed by atoms with Crippen LogP contribution in [-0.2, 0) is 9.53 Å². The van der Waals surface area contributed by atoms with Crippen LogP contribution in [-0.4, -0.2) is 53.4 Å². The van der Waals surface area contributed by atoms with E-state index < -0.39 is 5.54 Å². The zero-order chi connectivity index (χ0) is 15.1. The largest absolute Gasteiger partial charge is 0.392 e. The highest BCUT2D eigenvalue weighted by atomic mass is 16.5. The molecule has 0 aromatic rings. The Balaban J connectivity index is 1.61. The van der Waals surface area contributed by atoms with Crippen LogP contribution in [0.15, 0.2) is 0 Å². The zero-order valence-electron chi connectivity index (χ0n) is 13.0. The number of rotatable bonds is 3. The monoisotopic (exact) mass is 296 g/mol. The lowest BCUT2D eigenvalue weighted by molar-refractivity contribution is -0.210. The third-order valence-electron chi connectivity index (χ3n) is 6.01. The molecule has 0 radical (unpaired) electrons.